The summed E-state index contributed by atoms with van der Waals surface area (Å²) in [4.78, 5) is 23.2. The minimum absolute atomic E-state index is 0. The van der Waals surface area contributed by atoms with E-state index in [0.717, 1.165) is 5.56 Å². The van der Waals surface area contributed by atoms with Crippen LogP contribution in [0.25, 0.3) is 0 Å². The van der Waals surface area contributed by atoms with E-state index in [4.69, 9.17) is 10.5 Å². The van der Waals surface area contributed by atoms with E-state index in [1.54, 1.807) is 0 Å². The first kappa shape index (κ1) is 20.2. The van der Waals surface area contributed by atoms with Gasteiger partial charge < -0.3 is 26.2 Å². The number of amides is 2. The maximum absolute atomic E-state index is 11.6. The monoisotopic (exact) mass is 331 g/mol. The van der Waals surface area contributed by atoms with Gasteiger partial charge in [0.25, 0.3) is 0 Å². The molecule has 1 unspecified atom stereocenters. The van der Waals surface area contributed by atoms with E-state index in [1.807, 2.05) is 30.3 Å². The molecule has 0 fully saturated rings. The molecule has 0 saturated heterocycles. The number of carbonyl (C=O) groups is 2. The Morgan fingerprint density at radius 1 is 1.32 bits per heavy atom. The summed E-state index contributed by atoms with van der Waals surface area (Å²) in [6, 6.07) is 8.45. The summed E-state index contributed by atoms with van der Waals surface area (Å²) in [5, 5.41) is 14.1. The van der Waals surface area contributed by atoms with Gasteiger partial charge in [0.05, 0.1) is 6.10 Å². The smallest absolute Gasteiger partial charge is 0.408 e. The summed E-state index contributed by atoms with van der Waals surface area (Å²) < 4.78 is 5.00. The number of hydrogen-bond acceptors (Lipinski definition) is 5. The maximum atomic E-state index is 11.6. The number of carbonyl (C=O) groups excluding carboxylic acids is 2. The number of nitrogens with one attached hydrogen (secondary N) is 2. The van der Waals surface area contributed by atoms with Crippen LogP contribution in [0.2, 0.25) is 0 Å². The van der Waals surface area contributed by atoms with Crippen LogP contribution in [-0.4, -0.2) is 42.3 Å². The lowest BCUT2D eigenvalue weighted by atomic mass is 10.2. The van der Waals surface area contributed by atoms with Gasteiger partial charge in [-0.15, -0.1) is 12.4 Å². The van der Waals surface area contributed by atoms with E-state index in [-0.39, 0.29) is 32.1 Å². The fourth-order valence-corrected chi connectivity index (χ4v) is 1.46. The Bertz CT molecular complexity index is 459. The van der Waals surface area contributed by atoms with Crippen LogP contribution in [-0.2, 0) is 16.1 Å². The highest BCUT2D eigenvalue weighted by Gasteiger charge is 2.16. The van der Waals surface area contributed by atoms with Crippen molar-refractivity contribution in [2.24, 2.45) is 5.73 Å². The van der Waals surface area contributed by atoms with Gasteiger partial charge in [0.1, 0.15) is 12.6 Å². The lowest BCUT2D eigenvalue weighted by molar-refractivity contribution is -0.123. The van der Waals surface area contributed by atoms with Crippen molar-refractivity contribution in [2.45, 2.75) is 25.7 Å². The van der Waals surface area contributed by atoms with Gasteiger partial charge in [-0.1, -0.05) is 30.3 Å². The van der Waals surface area contributed by atoms with Crippen molar-refractivity contribution in [3.05, 3.63) is 35.9 Å². The van der Waals surface area contributed by atoms with Crippen LogP contribution < -0.4 is 16.4 Å². The Morgan fingerprint density at radius 3 is 2.55 bits per heavy atom. The summed E-state index contributed by atoms with van der Waals surface area (Å²) >= 11 is 0. The predicted octanol–water partition coefficient (Wildman–Crippen LogP) is 0.159. The summed E-state index contributed by atoms with van der Waals surface area (Å²) in [6.45, 7) is 1.75. The van der Waals surface area contributed by atoms with E-state index in [2.05, 4.69) is 10.6 Å². The van der Waals surface area contributed by atoms with Crippen molar-refractivity contribution >= 4 is 24.4 Å². The maximum Gasteiger partial charge on any atom is 0.408 e. The molecule has 1 rings (SSSR count). The molecule has 1 aromatic carbocycles. The summed E-state index contributed by atoms with van der Waals surface area (Å²) in [6.07, 6.45) is -1.48. The van der Waals surface area contributed by atoms with Gasteiger partial charge in [0.15, 0.2) is 0 Å². The standard InChI is InChI=1S/C14H21N3O4.ClH/c1-10(13(19)16-8-12(18)7-15)17-14(20)21-9-11-5-3-2-4-6-11;/h2-6,10,12,18H,7-9,15H2,1H3,(H,16,19)(H,17,20);1H/t10-,12?;/m0./s1. The summed E-state index contributed by atoms with van der Waals surface area (Å²) in [5.41, 5.74) is 6.08. The second-order valence-corrected chi connectivity index (χ2v) is 4.56. The van der Waals surface area contributed by atoms with Crippen molar-refractivity contribution in [1.82, 2.24) is 10.6 Å². The van der Waals surface area contributed by atoms with Gasteiger partial charge in [-0.2, -0.15) is 0 Å². The van der Waals surface area contributed by atoms with Crippen LogP contribution in [0.3, 0.4) is 0 Å². The van der Waals surface area contributed by atoms with Crippen molar-refractivity contribution in [1.29, 1.82) is 0 Å². The van der Waals surface area contributed by atoms with Gasteiger partial charge in [-0.3, -0.25) is 4.79 Å². The van der Waals surface area contributed by atoms with Crippen LogP contribution in [0.4, 0.5) is 4.79 Å². The molecule has 5 N–H and O–H groups in total. The van der Waals surface area contributed by atoms with E-state index in [0.29, 0.717) is 0 Å². The Hall–Kier alpha value is -1.83. The number of ether oxygens (including phenoxy) is 1. The number of aliphatic hydroxyl groups is 1. The minimum Gasteiger partial charge on any atom is -0.445 e. The molecule has 0 spiro atoms. The second-order valence-electron chi connectivity index (χ2n) is 4.56. The third-order valence-corrected chi connectivity index (χ3v) is 2.72. The molecule has 0 aliphatic heterocycles. The van der Waals surface area contributed by atoms with Crippen molar-refractivity contribution in [2.75, 3.05) is 13.1 Å². The quantitative estimate of drug-likeness (QED) is 0.568. The first-order chi connectivity index (χ1) is 10.0. The highest BCUT2D eigenvalue weighted by Crippen LogP contribution is 2.00. The summed E-state index contributed by atoms with van der Waals surface area (Å²) in [7, 11) is 0. The fraction of sp³-hybridized carbons (Fsp3) is 0.429. The summed E-state index contributed by atoms with van der Waals surface area (Å²) in [5.74, 6) is -0.417. The molecule has 0 aromatic heterocycles. The molecule has 1 aromatic rings. The molecule has 8 heteroatoms. The van der Waals surface area contributed by atoms with Gasteiger partial charge >= 0.3 is 6.09 Å². The average Bonchev–Trinajstić information content (AvgIpc) is 2.51. The lowest BCUT2D eigenvalue weighted by Gasteiger charge is -2.15. The molecule has 0 aliphatic carbocycles. The molecule has 0 bridgehead atoms. The molecular formula is C14H22ClN3O4. The zero-order chi connectivity index (χ0) is 15.7. The predicted molar refractivity (Wildman–Crippen MR) is 84.5 cm³/mol. The van der Waals surface area contributed by atoms with Gasteiger partial charge in [-0.05, 0) is 12.5 Å². The van der Waals surface area contributed by atoms with Crippen LogP contribution in [0, 0.1) is 0 Å². The number of alkyl carbamates (subject to hydrolysis) is 1. The third-order valence-electron chi connectivity index (χ3n) is 2.72. The van der Waals surface area contributed by atoms with E-state index in [9.17, 15) is 14.7 Å². The number of nitrogens with two attached hydrogens (primary N) is 1. The molecule has 0 radical (unpaired) electrons. The van der Waals surface area contributed by atoms with Gasteiger partial charge in [0.2, 0.25) is 5.91 Å². The molecule has 0 aliphatic rings. The molecule has 22 heavy (non-hydrogen) atoms. The van der Waals surface area contributed by atoms with E-state index in [1.165, 1.54) is 6.92 Å². The molecule has 0 heterocycles. The van der Waals surface area contributed by atoms with Crippen LogP contribution in [0.1, 0.15) is 12.5 Å². The van der Waals surface area contributed by atoms with Gasteiger partial charge in [-0.25, -0.2) is 4.79 Å². The van der Waals surface area contributed by atoms with Crippen LogP contribution in [0.15, 0.2) is 30.3 Å². The number of aliphatic hydroxyl groups excluding tert-OH is 1. The van der Waals surface area contributed by atoms with Gasteiger partial charge in [0, 0.05) is 13.1 Å². The zero-order valence-corrected chi connectivity index (χ0v) is 13.1. The Labute approximate surface area is 135 Å². The number of hydrogen-bond donors (Lipinski definition) is 4. The van der Waals surface area contributed by atoms with E-state index < -0.39 is 24.1 Å². The van der Waals surface area contributed by atoms with Crippen LogP contribution >= 0.6 is 12.4 Å². The molecular weight excluding hydrogens is 310 g/mol. The van der Waals surface area contributed by atoms with Crippen molar-refractivity contribution in [3.63, 3.8) is 0 Å². The largest absolute Gasteiger partial charge is 0.445 e. The second kappa shape index (κ2) is 10.8. The lowest BCUT2D eigenvalue weighted by Crippen LogP contribution is -2.47. The first-order valence-corrected chi connectivity index (χ1v) is 6.66. The first-order valence-electron chi connectivity index (χ1n) is 6.66. The Balaban J connectivity index is 0.00000441. The number of benzene rings is 1. The highest BCUT2D eigenvalue weighted by molar-refractivity contribution is 5.85. The zero-order valence-electron chi connectivity index (χ0n) is 12.3. The minimum atomic E-state index is -0.800. The van der Waals surface area contributed by atoms with Crippen LogP contribution in [0.5, 0.6) is 0 Å². The number of rotatable bonds is 7. The normalized spacial score (nSPS) is 12.5. The molecule has 124 valence electrons. The molecule has 7 nitrogen and oxygen atoms in total. The average molecular weight is 332 g/mol. The molecule has 2 amide bonds. The molecule has 0 saturated carbocycles. The topological polar surface area (TPSA) is 114 Å². The SMILES string of the molecule is C[C@H](NC(=O)OCc1ccccc1)C(=O)NCC(O)CN.Cl. The number of halogens is 1. The Morgan fingerprint density at radius 2 is 1.95 bits per heavy atom. The fourth-order valence-electron chi connectivity index (χ4n) is 1.46. The highest BCUT2D eigenvalue weighted by atomic mass is 35.5. The van der Waals surface area contributed by atoms with Crippen molar-refractivity contribution in [3.8, 4) is 0 Å². The Kier molecular flexibility index (Phi) is 9.93. The third kappa shape index (κ3) is 7.82. The van der Waals surface area contributed by atoms with Crippen molar-refractivity contribution < 1.29 is 19.4 Å². The molecule has 2 atom stereocenters. The van der Waals surface area contributed by atoms with E-state index >= 15 is 0 Å².